The molecule has 2 aromatic rings. The Morgan fingerprint density at radius 2 is 2.04 bits per heavy atom. The minimum atomic E-state index is -0.290. The maximum atomic E-state index is 11.9. The van der Waals surface area contributed by atoms with E-state index >= 15 is 0 Å². The van der Waals surface area contributed by atoms with Crippen molar-refractivity contribution < 1.29 is 14.3 Å². The summed E-state index contributed by atoms with van der Waals surface area (Å²) in [6.07, 6.45) is 0.663. The van der Waals surface area contributed by atoms with Gasteiger partial charge in [0.05, 0.1) is 12.3 Å². The summed E-state index contributed by atoms with van der Waals surface area (Å²) in [5.41, 5.74) is 5.37. The molecule has 0 radical (unpaired) electrons. The Morgan fingerprint density at radius 3 is 2.87 bits per heavy atom. The normalized spacial score (nSPS) is 14.7. The number of hydrogen-bond donors (Lipinski definition) is 1. The van der Waals surface area contributed by atoms with Gasteiger partial charge in [0.25, 0.3) is 5.91 Å². The van der Waals surface area contributed by atoms with Crippen LogP contribution >= 0.6 is 0 Å². The number of hydrogen-bond acceptors (Lipinski definition) is 4. The average molecular weight is 310 g/mol. The second kappa shape index (κ2) is 6.96. The SMILES string of the molecule is Cc1cccc2c1OCC/C2=N/NC(=O)COc1ccccc1. The molecule has 0 atom stereocenters. The molecular weight excluding hydrogens is 292 g/mol. The molecule has 3 rings (SSSR count). The standard InChI is InChI=1S/C18H18N2O3/c1-13-6-5-9-15-16(10-11-22-18(13)15)19-20-17(21)12-23-14-7-3-2-4-8-14/h2-9H,10-12H2,1H3,(H,20,21)/b19-16-. The van der Waals surface area contributed by atoms with Crippen LogP contribution in [0.4, 0.5) is 0 Å². The Hall–Kier alpha value is -2.82. The van der Waals surface area contributed by atoms with E-state index in [4.69, 9.17) is 9.47 Å². The van der Waals surface area contributed by atoms with E-state index in [-0.39, 0.29) is 12.5 Å². The van der Waals surface area contributed by atoms with Gasteiger partial charge < -0.3 is 9.47 Å². The van der Waals surface area contributed by atoms with Crippen molar-refractivity contribution in [2.75, 3.05) is 13.2 Å². The molecule has 1 heterocycles. The first-order valence-electron chi connectivity index (χ1n) is 7.50. The molecule has 5 heteroatoms. The van der Waals surface area contributed by atoms with E-state index in [0.29, 0.717) is 18.8 Å². The fourth-order valence-electron chi connectivity index (χ4n) is 2.40. The Morgan fingerprint density at radius 1 is 1.22 bits per heavy atom. The summed E-state index contributed by atoms with van der Waals surface area (Å²) in [7, 11) is 0. The number of benzene rings is 2. The zero-order chi connectivity index (χ0) is 16.1. The monoisotopic (exact) mass is 310 g/mol. The Balaban J connectivity index is 1.62. The number of carbonyl (C=O) groups excluding carboxylic acids is 1. The third-order valence-electron chi connectivity index (χ3n) is 3.54. The summed E-state index contributed by atoms with van der Waals surface area (Å²) >= 11 is 0. The number of nitrogens with zero attached hydrogens (tertiary/aromatic N) is 1. The van der Waals surface area contributed by atoms with Gasteiger partial charge in [0.15, 0.2) is 6.61 Å². The van der Waals surface area contributed by atoms with Crippen LogP contribution < -0.4 is 14.9 Å². The van der Waals surface area contributed by atoms with Gasteiger partial charge in [-0.2, -0.15) is 5.10 Å². The first kappa shape index (κ1) is 15.1. The molecule has 0 aliphatic carbocycles. The molecular formula is C18H18N2O3. The molecule has 1 N–H and O–H groups in total. The minimum Gasteiger partial charge on any atom is -0.492 e. The summed E-state index contributed by atoms with van der Waals surface area (Å²) in [5, 5.41) is 4.23. The van der Waals surface area contributed by atoms with Crippen molar-refractivity contribution in [3.63, 3.8) is 0 Å². The van der Waals surface area contributed by atoms with Gasteiger partial charge in [0.2, 0.25) is 0 Å². The van der Waals surface area contributed by atoms with Crippen LogP contribution in [0.2, 0.25) is 0 Å². The number of para-hydroxylation sites is 2. The van der Waals surface area contributed by atoms with E-state index in [0.717, 1.165) is 22.6 Å². The van der Waals surface area contributed by atoms with Gasteiger partial charge in [-0.05, 0) is 30.7 Å². The van der Waals surface area contributed by atoms with Crippen LogP contribution in [-0.4, -0.2) is 24.8 Å². The van der Waals surface area contributed by atoms with Crippen LogP contribution in [-0.2, 0) is 4.79 Å². The highest BCUT2D eigenvalue weighted by Crippen LogP contribution is 2.28. The number of fused-ring (bicyclic) bond motifs is 1. The average Bonchev–Trinajstić information content (AvgIpc) is 2.59. The highest BCUT2D eigenvalue weighted by Gasteiger charge is 2.18. The van der Waals surface area contributed by atoms with Crippen molar-refractivity contribution in [1.29, 1.82) is 0 Å². The summed E-state index contributed by atoms with van der Waals surface area (Å²) < 4.78 is 11.1. The fourth-order valence-corrected chi connectivity index (χ4v) is 2.40. The molecule has 2 aromatic carbocycles. The van der Waals surface area contributed by atoms with Gasteiger partial charge in [-0.15, -0.1) is 0 Å². The van der Waals surface area contributed by atoms with Crippen molar-refractivity contribution in [2.24, 2.45) is 5.10 Å². The summed E-state index contributed by atoms with van der Waals surface area (Å²) in [5.74, 6) is 1.21. The first-order valence-corrected chi connectivity index (χ1v) is 7.50. The molecule has 0 spiro atoms. The molecule has 1 amide bonds. The lowest BCUT2D eigenvalue weighted by molar-refractivity contribution is -0.123. The number of amides is 1. The van der Waals surface area contributed by atoms with E-state index in [1.54, 1.807) is 12.1 Å². The van der Waals surface area contributed by atoms with Crippen LogP contribution in [0.3, 0.4) is 0 Å². The quantitative estimate of drug-likeness (QED) is 0.883. The highest BCUT2D eigenvalue weighted by atomic mass is 16.5. The number of aryl methyl sites for hydroxylation is 1. The molecule has 1 aliphatic rings. The highest BCUT2D eigenvalue weighted by molar-refractivity contribution is 6.04. The van der Waals surface area contributed by atoms with E-state index in [1.807, 2.05) is 43.3 Å². The summed E-state index contributed by atoms with van der Waals surface area (Å²) in [6.45, 7) is 2.49. The molecule has 0 saturated heterocycles. The predicted molar refractivity (Wildman–Crippen MR) is 87.9 cm³/mol. The van der Waals surface area contributed by atoms with Gasteiger partial charge in [-0.3, -0.25) is 4.79 Å². The van der Waals surface area contributed by atoms with Crippen LogP contribution in [0.15, 0.2) is 53.6 Å². The molecule has 23 heavy (non-hydrogen) atoms. The molecule has 0 unspecified atom stereocenters. The molecule has 118 valence electrons. The summed E-state index contributed by atoms with van der Waals surface area (Å²) in [6, 6.07) is 15.1. The first-order chi connectivity index (χ1) is 11.2. The molecule has 0 aromatic heterocycles. The van der Waals surface area contributed by atoms with Crippen molar-refractivity contribution in [2.45, 2.75) is 13.3 Å². The van der Waals surface area contributed by atoms with Crippen molar-refractivity contribution in [1.82, 2.24) is 5.43 Å². The second-order valence-electron chi connectivity index (χ2n) is 5.25. The van der Waals surface area contributed by atoms with Crippen molar-refractivity contribution in [3.8, 4) is 11.5 Å². The van der Waals surface area contributed by atoms with Crippen LogP contribution in [0, 0.1) is 6.92 Å². The van der Waals surface area contributed by atoms with Gasteiger partial charge >= 0.3 is 0 Å². The van der Waals surface area contributed by atoms with E-state index in [2.05, 4.69) is 10.5 Å². The van der Waals surface area contributed by atoms with E-state index < -0.39 is 0 Å². The second-order valence-corrected chi connectivity index (χ2v) is 5.25. The Bertz CT molecular complexity index is 726. The largest absolute Gasteiger partial charge is 0.492 e. The number of rotatable bonds is 4. The Labute approximate surface area is 134 Å². The Kier molecular flexibility index (Phi) is 4.57. The number of nitrogens with one attached hydrogen (secondary N) is 1. The van der Waals surface area contributed by atoms with Gasteiger partial charge in [-0.25, -0.2) is 5.43 Å². The fraction of sp³-hybridized carbons (Fsp3) is 0.222. The number of ether oxygens (including phenoxy) is 2. The van der Waals surface area contributed by atoms with Gasteiger partial charge in [-0.1, -0.05) is 30.3 Å². The molecule has 0 bridgehead atoms. The number of carbonyl (C=O) groups is 1. The zero-order valence-electron chi connectivity index (χ0n) is 12.9. The van der Waals surface area contributed by atoms with E-state index in [9.17, 15) is 4.79 Å². The smallest absolute Gasteiger partial charge is 0.277 e. The summed E-state index contributed by atoms with van der Waals surface area (Å²) in [4.78, 5) is 11.9. The van der Waals surface area contributed by atoms with Gasteiger partial charge in [0, 0.05) is 12.0 Å². The molecule has 0 fully saturated rings. The minimum absolute atomic E-state index is 0.0715. The van der Waals surface area contributed by atoms with Crippen LogP contribution in [0.25, 0.3) is 0 Å². The van der Waals surface area contributed by atoms with E-state index in [1.165, 1.54) is 0 Å². The zero-order valence-corrected chi connectivity index (χ0v) is 12.9. The predicted octanol–water partition coefficient (Wildman–Crippen LogP) is 2.68. The lowest BCUT2D eigenvalue weighted by atomic mass is 10.0. The third kappa shape index (κ3) is 3.69. The maximum absolute atomic E-state index is 11.9. The molecule has 5 nitrogen and oxygen atoms in total. The van der Waals surface area contributed by atoms with Crippen molar-refractivity contribution in [3.05, 3.63) is 59.7 Å². The maximum Gasteiger partial charge on any atom is 0.277 e. The van der Waals surface area contributed by atoms with Crippen molar-refractivity contribution >= 4 is 11.6 Å². The lowest BCUT2D eigenvalue weighted by Crippen LogP contribution is -2.27. The van der Waals surface area contributed by atoms with Gasteiger partial charge in [0.1, 0.15) is 11.5 Å². The topological polar surface area (TPSA) is 59.9 Å². The molecule has 1 aliphatic heterocycles. The van der Waals surface area contributed by atoms with Crippen LogP contribution in [0.1, 0.15) is 17.5 Å². The van der Waals surface area contributed by atoms with Crippen LogP contribution in [0.5, 0.6) is 11.5 Å². The number of hydrazone groups is 1. The lowest BCUT2D eigenvalue weighted by Gasteiger charge is -2.20. The molecule has 0 saturated carbocycles. The third-order valence-corrected chi connectivity index (χ3v) is 3.54.